The van der Waals surface area contributed by atoms with Crippen molar-refractivity contribution in [2.75, 3.05) is 26.7 Å². The normalized spacial score (nSPS) is 35.1. The summed E-state index contributed by atoms with van der Waals surface area (Å²) in [6.45, 7) is 2.93. The van der Waals surface area contributed by atoms with Gasteiger partial charge in [-0.1, -0.05) is 5.21 Å². The second kappa shape index (κ2) is 7.36. The Morgan fingerprint density at radius 2 is 1.78 bits per heavy atom. The molecule has 1 aromatic rings. The molecular weight excluding hydrogens is 362 g/mol. The lowest BCUT2D eigenvalue weighted by atomic mass is 9.49. The molecule has 1 saturated heterocycles. The van der Waals surface area contributed by atoms with Gasteiger partial charge >= 0.3 is 0 Å². The van der Waals surface area contributed by atoms with Crippen LogP contribution >= 0.6 is 12.4 Å². The van der Waals surface area contributed by atoms with E-state index in [4.69, 9.17) is 0 Å². The van der Waals surface area contributed by atoms with Gasteiger partial charge in [0.25, 0.3) is 5.91 Å². The van der Waals surface area contributed by atoms with Gasteiger partial charge in [-0.25, -0.2) is 4.68 Å². The summed E-state index contributed by atoms with van der Waals surface area (Å²) in [5.74, 6) is 2.81. The van der Waals surface area contributed by atoms with E-state index in [2.05, 4.69) is 15.6 Å². The van der Waals surface area contributed by atoms with E-state index < -0.39 is 0 Å². The molecule has 7 heteroatoms. The summed E-state index contributed by atoms with van der Waals surface area (Å²) in [7, 11) is 1.96. The van der Waals surface area contributed by atoms with Gasteiger partial charge in [0.15, 0.2) is 5.69 Å². The van der Waals surface area contributed by atoms with Crippen LogP contribution in [0.4, 0.5) is 0 Å². The van der Waals surface area contributed by atoms with Crippen LogP contribution in [0.15, 0.2) is 6.20 Å². The van der Waals surface area contributed by atoms with Crippen molar-refractivity contribution in [1.29, 1.82) is 0 Å². The predicted molar refractivity (Wildman–Crippen MR) is 106 cm³/mol. The fraction of sp³-hybridized carbons (Fsp3) is 0.850. The first-order valence-electron chi connectivity index (χ1n) is 10.5. The summed E-state index contributed by atoms with van der Waals surface area (Å²) in [6.07, 6.45) is 12.3. The Kier molecular flexibility index (Phi) is 5.23. The van der Waals surface area contributed by atoms with Crippen molar-refractivity contribution in [3.05, 3.63) is 11.9 Å². The first-order chi connectivity index (χ1) is 12.6. The van der Waals surface area contributed by atoms with Crippen molar-refractivity contribution in [3.8, 4) is 0 Å². The number of nitrogens with one attached hydrogen (secondary N) is 1. The minimum atomic E-state index is 0. The Hall–Kier alpha value is -1.14. The van der Waals surface area contributed by atoms with Crippen molar-refractivity contribution in [2.45, 2.75) is 57.4 Å². The zero-order valence-electron chi connectivity index (χ0n) is 16.3. The second-order valence-electron chi connectivity index (χ2n) is 9.64. The number of piperidine rings is 1. The zero-order chi connectivity index (χ0) is 17.7. The highest BCUT2D eigenvalue weighted by molar-refractivity contribution is 5.91. The number of halogens is 1. The summed E-state index contributed by atoms with van der Waals surface area (Å²) in [5.41, 5.74) is 0.889. The Labute approximate surface area is 167 Å². The van der Waals surface area contributed by atoms with E-state index >= 15 is 0 Å². The van der Waals surface area contributed by atoms with Gasteiger partial charge in [0, 0.05) is 13.6 Å². The van der Waals surface area contributed by atoms with E-state index in [0.717, 1.165) is 50.2 Å². The molecule has 4 saturated carbocycles. The van der Waals surface area contributed by atoms with E-state index in [9.17, 15) is 4.79 Å². The molecule has 150 valence electrons. The van der Waals surface area contributed by atoms with Crippen LogP contribution in [0.2, 0.25) is 0 Å². The number of aromatic nitrogens is 3. The maximum absolute atomic E-state index is 13.0. The Bertz CT molecular complexity index is 648. The van der Waals surface area contributed by atoms with E-state index in [-0.39, 0.29) is 18.3 Å². The molecule has 6 rings (SSSR count). The minimum Gasteiger partial charge on any atom is -0.340 e. The van der Waals surface area contributed by atoms with E-state index in [1.807, 2.05) is 22.8 Å². The Balaban J connectivity index is 0.00000180. The predicted octanol–water partition coefficient (Wildman–Crippen LogP) is 2.91. The molecule has 0 radical (unpaired) electrons. The molecule has 2 heterocycles. The van der Waals surface area contributed by atoms with Crippen LogP contribution < -0.4 is 5.32 Å². The van der Waals surface area contributed by atoms with Crippen molar-refractivity contribution >= 4 is 18.3 Å². The molecule has 0 unspecified atom stereocenters. The quantitative estimate of drug-likeness (QED) is 0.854. The lowest BCUT2D eigenvalue weighted by Crippen LogP contribution is -2.51. The van der Waals surface area contributed by atoms with Gasteiger partial charge < -0.3 is 10.2 Å². The summed E-state index contributed by atoms with van der Waals surface area (Å²) >= 11 is 0. The maximum atomic E-state index is 13.0. The molecule has 0 spiro atoms. The zero-order valence-corrected chi connectivity index (χ0v) is 17.1. The van der Waals surface area contributed by atoms with Gasteiger partial charge in [0.05, 0.1) is 12.2 Å². The van der Waals surface area contributed by atoms with Crippen LogP contribution in [0.3, 0.4) is 0 Å². The fourth-order valence-corrected chi connectivity index (χ4v) is 6.88. The molecule has 4 aliphatic carbocycles. The van der Waals surface area contributed by atoms with Crippen LogP contribution in [0.1, 0.15) is 67.9 Å². The van der Waals surface area contributed by atoms with E-state index in [0.29, 0.717) is 17.2 Å². The third kappa shape index (κ3) is 3.63. The van der Waals surface area contributed by atoms with Crippen molar-refractivity contribution in [2.24, 2.45) is 23.2 Å². The van der Waals surface area contributed by atoms with Gasteiger partial charge in [-0.3, -0.25) is 4.79 Å². The van der Waals surface area contributed by atoms with Crippen LogP contribution in [0.25, 0.3) is 0 Å². The third-order valence-corrected chi connectivity index (χ3v) is 7.50. The molecule has 1 aromatic heterocycles. The molecule has 27 heavy (non-hydrogen) atoms. The van der Waals surface area contributed by atoms with Gasteiger partial charge in [-0.2, -0.15) is 0 Å². The molecule has 0 atom stereocenters. The van der Waals surface area contributed by atoms with Gasteiger partial charge in [0.2, 0.25) is 0 Å². The minimum absolute atomic E-state index is 0. The average molecular weight is 394 g/mol. The van der Waals surface area contributed by atoms with E-state index in [1.54, 1.807) is 0 Å². The monoisotopic (exact) mass is 393 g/mol. The molecule has 1 aliphatic heterocycles. The smallest absolute Gasteiger partial charge is 0.275 e. The summed E-state index contributed by atoms with van der Waals surface area (Å²) in [4.78, 5) is 14.9. The number of hydrogen-bond acceptors (Lipinski definition) is 4. The first-order valence-corrected chi connectivity index (χ1v) is 10.5. The van der Waals surface area contributed by atoms with E-state index in [1.165, 1.54) is 38.5 Å². The molecule has 0 aromatic carbocycles. The van der Waals surface area contributed by atoms with Crippen molar-refractivity contribution in [1.82, 2.24) is 25.2 Å². The lowest BCUT2D eigenvalue weighted by molar-refractivity contribution is -0.0629. The molecule has 1 amide bonds. The summed E-state index contributed by atoms with van der Waals surface area (Å²) in [5, 5.41) is 11.8. The van der Waals surface area contributed by atoms with Gasteiger partial charge in [-0.15, -0.1) is 17.5 Å². The molecule has 5 aliphatic rings. The highest BCUT2D eigenvalue weighted by atomic mass is 35.5. The molecule has 4 bridgehead atoms. The number of nitrogens with zero attached hydrogens (tertiary/aromatic N) is 4. The summed E-state index contributed by atoms with van der Waals surface area (Å²) in [6, 6.07) is 0.374. The van der Waals surface area contributed by atoms with Crippen LogP contribution in [-0.4, -0.2) is 52.5 Å². The molecule has 1 N–H and O–H groups in total. The third-order valence-electron chi connectivity index (χ3n) is 7.50. The summed E-state index contributed by atoms with van der Waals surface area (Å²) < 4.78 is 1.91. The highest BCUT2D eigenvalue weighted by Gasteiger charge is 2.51. The van der Waals surface area contributed by atoms with Crippen molar-refractivity contribution in [3.63, 3.8) is 0 Å². The lowest BCUT2D eigenvalue weighted by Gasteiger charge is -2.57. The van der Waals surface area contributed by atoms with Crippen LogP contribution in [-0.2, 0) is 0 Å². The second-order valence-corrected chi connectivity index (χ2v) is 9.64. The number of hydrogen-bond donors (Lipinski definition) is 1. The average Bonchev–Trinajstić information content (AvgIpc) is 3.10. The van der Waals surface area contributed by atoms with Gasteiger partial charge in [-0.05, 0) is 87.6 Å². The SMILES string of the molecule is CN(CC12CC3CC(CC(C3)C1)C2)C(=O)c1cn(C2CCNCC2)nn1.Cl. The number of carbonyl (C=O) groups excluding carboxylic acids is 1. The molecular formula is C20H32ClN5O. The number of carbonyl (C=O) groups is 1. The van der Waals surface area contributed by atoms with Crippen LogP contribution in [0, 0.1) is 23.2 Å². The number of rotatable bonds is 4. The molecule has 5 fully saturated rings. The molecule has 6 nitrogen and oxygen atoms in total. The fourth-order valence-electron chi connectivity index (χ4n) is 6.88. The largest absolute Gasteiger partial charge is 0.340 e. The maximum Gasteiger partial charge on any atom is 0.275 e. The number of amides is 1. The first kappa shape index (κ1) is 19.2. The van der Waals surface area contributed by atoms with Crippen molar-refractivity contribution < 1.29 is 4.79 Å². The topological polar surface area (TPSA) is 63.1 Å². The Morgan fingerprint density at radius 3 is 2.37 bits per heavy atom. The highest BCUT2D eigenvalue weighted by Crippen LogP contribution is 2.60. The van der Waals surface area contributed by atoms with Gasteiger partial charge in [0.1, 0.15) is 0 Å². The standard InChI is InChI=1S/C20H31N5O.ClH/c1-24(13-20-9-14-6-15(10-20)8-16(7-14)11-20)19(26)18-12-25(23-22-18)17-2-4-21-5-3-17;/h12,14-17,21H,2-11,13H2,1H3;1H. The van der Waals surface area contributed by atoms with Crippen LogP contribution in [0.5, 0.6) is 0 Å². The Morgan fingerprint density at radius 1 is 1.19 bits per heavy atom.